The highest BCUT2D eigenvalue weighted by atomic mass is 32.2. The number of nitrogens with zero attached hydrogens (tertiary/aromatic N) is 3. The number of morpholine rings is 1. The number of carbonyl (C=O) groups is 2. The molecule has 4 rings (SSSR count). The van der Waals surface area contributed by atoms with Gasteiger partial charge in [0.25, 0.3) is 10.0 Å². The van der Waals surface area contributed by atoms with Crippen molar-refractivity contribution < 1.29 is 22.7 Å². The number of rotatable bonds is 7. The Balaban J connectivity index is 1.45. The highest BCUT2D eigenvalue weighted by molar-refractivity contribution is 7.92. The first-order chi connectivity index (χ1) is 16.7. The van der Waals surface area contributed by atoms with E-state index in [1.165, 1.54) is 35.2 Å². The van der Waals surface area contributed by atoms with Gasteiger partial charge in [-0.15, -0.1) is 0 Å². The van der Waals surface area contributed by atoms with Gasteiger partial charge in [0.05, 0.1) is 11.5 Å². The van der Waals surface area contributed by atoms with Crippen molar-refractivity contribution in [3.63, 3.8) is 0 Å². The topological polar surface area (TPSA) is 131 Å². The molecule has 0 radical (unpaired) electrons. The van der Waals surface area contributed by atoms with Crippen molar-refractivity contribution in [2.24, 2.45) is 0 Å². The van der Waals surface area contributed by atoms with Gasteiger partial charge in [-0.3, -0.25) is 14.3 Å². The number of carbonyl (C=O) groups excluding carboxylic acids is 2. The third-order valence-electron chi connectivity index (χ3n) is 5.33. The number of ether oxygens (including phenoxy) is 1. The Bertz CT molecular complexity index is 1310. The molecule has 1 atom stereocenters. The monoisotopic (exact) mass is 495 g/mol. The molecule has 2 aromatic carbocycles. The van der Waals surface area contributed by atoms with Crippen LogP contribution in [0.25, 0.3) is 0 Å². The minimum atomic E-state index is -3.89. The molecule has 0 aliphatic carbocycles. The van der Waals surface area contributed by atoms with Gasteiger partial charge in [-0.25, -0.2) is 18.4 Å². The lowest BCUT2D eigenvalue weighted by Crippen LogP contribution is -2.54. The third kappa shape index (κ3) is 6.00. The predicted octanol–water partition coefficient (Wildman–Crippen LogP) is 2.26. The fourth-order valence-corrected chi connectivity index (χ4v) is 4.70. The van der Waals surface area contributed by atoms with Crippen LogP contribution in [0.5, 0.6) is 0 Å². The van der Waals surface area contributed by atoms with E-state index < -0.39 is 22.0 Å². The first kappa shape index (κ1) is 24.3. The minimum absolute atomic E-state index is 0.00583. The summed E-state index contributed by atoms with van der Waals surface area (Å²) in [6.45, 7) is 3.69. The third-order valence-corrected chi connectivity index (χ3v) is 6.70. The number of hydrogen-bond acceptors (Lipinski definition) is 7. The van der Waals surface area contributed by atoms with E-state index >= 15 is 0 Å². The molecule has 2 heterocycles. The van der Waals surface area contributed by atoms with E-state index in [9.17, 15) is 18.0 Å². The van der Waals surface area contributed by atoms with Gasteiger partial charge in [-0.05, 0) is 43.7 Å². The summed E-state index contributed by atoms with van der Waals surface area (Å²) in [6, 6.07) is 15.8. The summed E-state index contributed by atoms with van der Waals surface area (Å²) in [4.78, 5) is 35.1. The zero-order chi connectivity index (χ0) is 25.0. The number of sulfonamides is 1. The second-order valence-electron chi connectivity index (χ2n) is 8.10. The van der Waals surface area contributed by atoms with E-state index in [1.807, 2.05) is 30.3 Å². The quantitative estimate of drug-likeness (QED) is 0.514. The van der Waals surface area contributed by atoms with Gasteiger partial charge >= 0.3 is 0 Å². The number of benzene rings is 2. The average molecular weight is 496 g/mol. The molecule has 1 aromatic heterocycles. The van der Waals surface area contributed by atoms with Crippen LogP contribution in [0.15, 0.2) is 65.6 Å². The second-order valence-corrected chi connectivity index (χ2v) is 9.78. The van der Waals surface area contributed by atoms with Crippen LogP contribution in [0, 0.1) is 13.8 Å². The molecule has 1 aliphatic heterocycles. The highest BCUT2D eigenvalue weighted by Gasteiger charge is 2.34. The molecular weight excluding hydrogens is 470 g/mol. The van der Waals surface area contributed by atoms with Crippen molar-refractivity contribution in [2.75, 3.05) is 23.3 Å². The lowest BCUT2D eigenvalue weighted by Gasteiger charge is -2.34. The largest absolute Gasteiger partial charge is 0.369 e. The molecule has 0 bridgehead atoms. The van der Waals surface area contributed by atoms with Gasteiger partial charge in [-0.1, -0.05) is 30.3 Å². The van der Waals surface area contributed by atoms with E-state index in [4.69, 9.17) is 4.74 Å². The molecule has 3 aromatic rings. The van der Waals surface area contributed by atoms with Crippen LogP contribution in [0.2, 0.25) is 0 Å². The van der Waals surface area contributed by atoms with Crippen LogP contribution in [0.1, 0.15) is 17.1 Å². The normalized spacial score (nSPS) is 16.1. The molecule has 11 heteroatoms. The maximum absolute atomic E-state index is 13.0. The molecule has 2 N–H and O–H groups in total. The van der Waals surface area contributed by atoms with Crippen molar-refractivity contribution in [2.45, 2.75) is 31.3 Å². The molecule has 0 saturated carbocycles. The van der Waals surface area contributed by atoms with Crippen LogP contribution >= 0.6 is 0 Å². The molecule has 1 saturated heterocycles. The molecular formula is C24H25N5O5S. The molecule has 0 unspecified atom stereocenters. The highest BCUT2D eigenvalue weighted by Crippen LogP contribution is 2.20. The standard InChI is InChI=1S/C24H25N5O5S/c1-16-12-22(26-17(2)25-16)28-35(32,33)20-10-8-19(9-11-20)27-24(31)21-14-34-15-23(30)29(21)13-18-6-4-3-5-7-18/h3-12,21H,13-15H2,1-2H3,(H,27,31)(H,25,26,28)/t21-/m0/s1. The summed E-state index contributed by atoms with van der Waals surface area (Å²) < 4.78 is 33.2. The van der Waals surface area contributed by atoms with Crippen molar-refractivity contribution in [3.05, 3.63) is 77.7 Å². The van der Waals surface area contributed by atoms with Crippen LogP contribution in [-0.2, 0) is 30.9 Å². The maximum atomic E-state index is 13.0. The zero-order valence-electron chi connectivity index (χ0n) is 19.3. The lowest BCUT2D eigenvalue weighted by molar-refractivity contribution is -0.154. The van der Waals surface area contributed by atoms with Crippen molar-refractivity contribution in [1.29, 1.82) is 0 Å². The summed E-state index contributed by atoms with van der Waals surface area (Å²) in [6.07, 6.45) is 0. The summed E-state index contributed by atoms with van der Waals surface area (Å²) in [5.41, 5.74) is 1.93. The lowest BCUT2D eigenvalue weighted by atomic mass is 10.1. The molecule has 182 valence electrons. The number of aryl methyl sites for hydroxylation is 2. The van der Waals surface area contributed by atoms with Gasteiger partial charge in [0.2, 0.25) is 11.8 Å². The molecule has 0 spiro atoms. The summed E-state index contributed by atoms with van der Waals surface area (Å²) in [5.74, 6) is -0.0716. The van der Waals surface area contributed by atoms with Crippen molar-refractivity contribution in [3.8, 4) is 0 Å². The van der Waals surface area contributed by atoms with Crippen molar-refractivity contribution in [1.82, 2.24) is 14.9 Å². The Morgan fingerprint density at radius 1 is 1.09 bits per heavy atom. The SMILES string of the molecule is Cc1cc(NS(=O)(=O)c2ccc(NC(=O)[C@@H]3COCC(=O)N3Cc3ccccc3)cc2)nc(C)n1. The second kappa shape index (κ2) is 10.2. The Morgan fingerprint density at radius 2 is 1.80 bits per heavy atom. The molecule has 1 fully saturated rings. The van der Waals surface area contributed by atoms with Crippen LogP contribution in [-0.4, -0.2) is 54.4 Å². The van der Waals surface area contributed by atoms with Gasteiger partial charge in [0.15, 0.2) is 0 Å². The number of hydrogen-bond donors (Lipinski definition) is 2. The van der Waals surface area contributed by atoms with Crippen LogP contribution < -0.4 is 10.0 Å². The van der Waals surface area contributed by atoms with E-state index in [0.29, 0.717) is 17.2 Å². The van der Waals surface area contributed by atoms with E-state index in [2.05, 4.69) is 20.0 Å². The first-order valence-electron chi connectivity index (χ1n) is 10.9. The molecule has 35 heavy (non-hydrogen) atoms. The van der Waals surface area contributed by atoms with Gasteiger partial charge in [0.1, 0.15) is 24.3 Å². The minimum Gasteiger partial charge on any atom is -0.369 e. The number of amides is 2. The van der Waals surface area contributed by atoms with Crippen LogP contribution in [0.3, 0.4) is 0 Å². The Hall–Kier alpha value is -3.83. The molecule has 1 aliphatic rings. The predicted molar refractivity (Wildman–Crippen MR) is 129 cm³/mol. The smallest absolute Gasteiger partial charge is 0.263 e. The average Bonchev–Trinajstić information content (AvgIpc) is 2.80. The maximum Gasteiger partial charge on any atom is 0.263 e. The van der Waals surface area contributed by atoms with E-state index in [0.717, 1.165) is 5.56 Å². The molecule has 2 amide bonds. The fourth-order valence-electron chi connectivity index (χ4n) is 3.71. The number of aromatic nitrogens is 2. The molecule has 10 nitrogen and oxygen atoms in total. The van der Waals surface area contributed by atoms with E-state index in [1.54, 1.807) is 13.8 Å². The van der Waals surface area contributed by atoms with Crippen molar-refractivity contribution >= 4 is 33.3 Å². The van der Waals surface area contributed by atoms with Gasteiger partial charge < -0.3 is 15.0 Å². The van der Waals surface area contributed by atoms with E-state index in [-0.39, 0.29) is 36.4 Å². The summed E-state index contributed by atoms with van der Waals surface area (Å²) >= 11 is 0. The zero-order valence-corrected chi connectivity index (χ0v) is 20.1. The fraction of sp³-hybridized carbons (Fsp3) is 0.250. The van der Waals surface area contributed by atoms with Gasteiger partial charge in [0, 0.05) is 24.0 Å². The van der Waals surface area contributed by atoms with Crippen LogP contribution in [0.4, 0.5) is 11.5 Å². The number of anilines is 2. The number of nitrogens with one attached hydrogen (secondary N) is 2. The Labute approximate surface area is 203 Å². The first-order valence-corrected chi connectivity index (χ1v) is 12.4. The Kier molecular flexibility index (Phi) is 7.08. The summed E-state index contributed by atoms with van der Waals surface area (Å²) in [5, 5.41) is 2.74. The summed E-state index contributed by atoms with van der Waals surface area (Å²) in [7, 11) is -3.89. The van der Waals surface area contributed by atoms with Gasteiger partial charge in [-0.2, -0.15) is 0 Å². The Morgan fingerprint density at radius 3 is 2.49 bits per heavy atom.